The van der Waals surface area contributed by atoms with Crippen molar-refractivity contribution in [3.05, 3.63) is 24.0 Å². The van der Waals surface area contributed by atoms with Gasteiger partial charge in [-0.1, -0.05) is 0 Å². The molecular weight excluding hydrogens is 271 g/mol. The zero-order valence-corrected chi connectivity index (χ0v) is 11.1. The first-order valence-corrected chi connectivity index (χ1v) is 6.39. The van der Waals surface area contributed by atoms with E-state index in [9.17, 15) is 18.0 Å². The Kier molecular flexibility index (Phi) is 4.15. The van der Waals surface area contributed by atoms with Gasteiger partial charge in [-0.25, -0.2) is 0 Å². The van der Waals surface area contributed by atoms with E-state index < -0.39 is 12.1 Å². The number of nitrogens with zero attached hydrogens (tertiary/aromatic N) is 3. The molecule has 1 fully saturated rings. The van der Waals surface area contributed by atoms with Gasteiger partial charge in [0.1, 0.15) is 0 Å². The van der Waals surface area contributed by atoms with Crippen molar-refractivity contribution in [3.63, 3.8) is 0 Å². The maximum absolute atomic E-state index is 12.7. The monoisotopic (exact) mass is 287 g/mol. The Labute approximate surface area is 114 Å². The Morgan fingerprint density at radius 3 is 2.85 bits per heavy atom. The standard InChI is InChI=1S/C13H16F3N3O/c1-18-11(6-7-17-18)4-5-12(20)19-8-2-3-10(9-19)13(14,15)16/h4-7,10H,2-3,8-9H2,1H3/b5-4+. The molecule has 1 aromatic rings. The molecule has 1 amide bonds. The van der Waals surface area contributed by atoms with Crippen molar-refractivity contribution in [2.24, 2.45) is 13.0 Å². The van der Waals surface area contributed by atoms with Crippen LogP contribution < -0.4 is 0 Å². The number of aryl methyl sites for hydroxylation is 1. The van der Waals surface area contributed by atoms with Crippen molar-refractivity contribution in [1.82, 2.24) is 14.7 Å². The van der Waals surface area contributed by atoms with E-state index in [1.807, 2.05) is 0 Å². The van der Waals surface area contributed by atoms with Crippen LogP contribution in [0.25, 0.3) is 6.08 Å². The van der Waals surface area contributed by atoms with E-state index in [1.54, 1.807) is 30.1 Å². The highest BCUT2D eigenvalue weighted by Crippen LogP contribution is 2.33. The van der Waals surface area contributed by atoms with Gasteiger partial charge in [0.25, 0.3) is 0 Å². The second-order valence-electron chi connectivity index (χ2n) is 4.88. The first kappa shape index (κ1) is 14.6. The van der Waals surface area contributed by atoms with E-state index in [-0.39, 0.29) is 18.9 Å². The molecule has 1 aromatic heterocycles. The summed E-state index contributed by atoms with van der Waals surface area (Å²) in [5.74, 6) is -1.80. The molecule has 1 unspecified atom stereocenters. The number of likely N-dealkylation sites (tertiary alicyclic amines) is 1. The summed E-state index contributed by atoms with van der Waals surface area (Å²) in [5, 5.41) is 3.94. The van der Waals surface area contributed by atoms with E-state index in [1.165, 1.54) is 11.0 Å². The minimum atomic E-state index is -4.23. The van der Waals surface area contributed by atoms with Crippen molar-refractivity contribution >= 4 is 12.0 Å². The van der Waals surface area contributed by atoms with Gasteiger partial charge in [-0.3, -0.25) is 9.48 Å². The van der Waals surface area contributed by atoms with E-state index in [0.717, 1.165) is 5.69 Å². The summed E-state index contributed by atoms with van der Waals surface area (Å²) < 4.78 is 39.6. The van der Waals surface area contributed by atoms with Crippen molar-refractivity contribution in [1.29, 1.82) is 0 Å². The lowest BCUT2D eigenvalue weighted by Gasteiger charge is -2.33. The zero-order chi connectivity index (χ0) is 14.8. The van der Waals surface area contributed by atoms with E-state index >= 15 is 0 Å². The highest BCUT2D eigenvalue weighted by atomic mass is 19.4. The number of piperidine rings is 1. The molecule has 1 aliphatic rings. The number of hydrogen-bond acceptors (Lipinski definition) is 2. The number of aromatic nitrogens is 2. The molecule has 2 rings (SSSR count). The Balaban J connectivity index is 1.99. The molecule has 0 radical (unpaired) electrons. The summed E-state index contributed by atoms with van der Waals surface area (Å²) in [4.78, 5) is 13.2. The van der Waals surface area contributed by atoms with Crippen molar-refractivity contribution in [2.45, 2.75) is 19.0 Å². The summed E-state index contributed by atoms with van der Waals surface area (Å²) in [7, 11) is 1.73. The molecule has 7 heteroatoms. The minimum Gasteiger partial charge on any atom is -0.339 e. The van der Waals surface area contributed by atoms with Crippen LogP contribution in [0.1, 0.15) is 18.5 Å². The lowest BCUT2D eigenvalue weighted by Crippen LogP contribution is -2.44. The predicted octanol–water partition coefficient (Wildman–Crippen LogP) is 2.23. The SMILES string of the molecule is Cn1nccc1/C=C/C(=O)N1CCCC(C(F)(F)F)C1. The highest BCUT2D eigenvalue weighted by molar-refractivity contribution is 5.91. The Morgan fingerprint density at radius 2 is 2.25 bits per heavy atom. The number of halogens is 3. The van der Waals surface area contributed by atoms with E-state index in [0.29, 0.717) is 13.0 Å². The van der Waals surface area contributed by atoms with Crippen LogP contribution in [-0.2, 0) is 11.8 Å². The molecule has 4 nitrogen and oxygen atoms in total. The summed E-state index contributed by atoms with van der Waals surface area (Å²) in [6.07, 6.45) is 0.700. The van der Waals surface area contributed by atoms with Crippen molar-refractivity contribution < 1.29 is 18.0 Å². The van der Waals surface area contributed by atoms with Crippen LogP contribution in [0.2, 0.25) is 0 Å². The van der Waals surface area contributed by atoms with Gasteiger partial charge in [0, 0.05) is 32.4 Å². The third-order valence-corrected chi connectivity index (χ3v) is 3.45. The van der Waals surface area contributed by atoms with Crippen LogP contribution in [0.5, 0.6) is 0 Å². The summed E-state index contributed by atoms with van der Waals surface area (Å²) in [6.45, 7) is 0.124. The largest absolute Gasteiger partial charge is 0.393 e. The van der Waals surface area contributed by atoms with Gasteiger partial charge in [-0.15, -0.1) is 0 Å². The molecule has 2 heterocycles. The number of carbonyl (C=O) groups excluding carboxylic acids is 1. The lowest BCUT2D eigenvalue weighted by atomic mass is 9.97. The van der Waals surface area contributed by atoms with Crippen molar-refractivity contribution in [2.75, 3.05) is 13.1 Å². The average molecular weight is 287 g/mol. The van der Waals surface area contributed by atoms with Gasteiger partial charge in [0.15, 0.2) is 0 Å². The first-order valence-electron chi connectivity index (χ1n) is 6.39. The van der Waals surface area contributed by atoms with Crippen LogP contribution in [0, 0.1) is 5.92 Å². The molecule has 110 valence electrons. The highest BCUT2D eigenvalue weighted by Gasteiger charge is 2.42. The second kappa shape index (κ2) is 5.68. The summed E-state index contributed by atoms with van der Waals surface area (Å²) in [6, 6.07) is 1.72. The normalized spacial score (nSPS) is 20.6. The number of amides is 1. The predicted molar refractivity (Wildman–Crippen MR) is 67.6 cm³/mol. The molecular formula is C13H16F3N3O. The molecule has 1 saturated heterocycles. The fourth-order valence-electron chi connectivity index (χ4n) is 2.25. The molecule has 0 aliphatic carbocycles. The summed E-state index contributed by atoms with van der Waals surface area (Å²) in [5.41, 5.74) is 0.725. The molecule has 0 bridgehead atoms. The average Bonchev–Trinajstić information content (AvgIpc) is 2.81. The van der Waals surface area contributed by atoms with Gasteiger partial charge >= 0.3 is 6.18 Å². The minimum absolute atomic E-state index is 0.0960. The smallest absolute Gasteiger partial charge is 0.339 e. The Bertz CT molecular complexity index is 507. The van der Waals surface area contributed by atoms with Crippen LogP contribution in [-0.4, -0.2) is 39.9 Å². The fourth-order valence-corrected chi connectivity index (χ4v) is 2.25. The Morgan fingerprint density at radius 1 is 1.50 bits per heavy atom. The maximum Gasteiger partial charge on any atom is 0.393 e. The molecule has 20 heavy (non-hydrogen) atoms. The number of hydrogen-bond donors (Lipinski definition) is 0. The van der Waals surface area contributed by atoms with E-state index in [4.69, 9.17) is 0 Å². The summed E-state index contributed by atoms with van der Waals surface area (Å²) >= 11 is 0. The van der Waals surface area contributed by atoms with Crippen LogP contribution in [0.15, 0.2) is 18.3 Å². The zero-order valence-electron chi connectivity index (χ0n) is 11.1. The molecule has 1 atom stereocenters. The lowest BCUT2D eigenvalue weighted by molar-refractivity contribution is -0.187. The third-order valence-electron chi connectivity index (χ3n) is 3.45. The first-order chi connectivity index (χ1) is 9.38. The van der Waals surface area contributed by atoms with Gasteiger partial charge in [0.2, 0.25) is 5.91 Å². The number of carbonyl (C=O) groups is 1. The van der Waals surface area contributed by atoms with Crippen LogP contribution in [0.4, 0.5) is 13.2 Å². The quantitative estimate of drug-likeness (QED) is 0.782. The van der Waals surface area contributed by atoms with E-state index in [2.05, 4.69) is 5.10 Å². The molecule has 1 aliphatic heterocycles. The van der Waals surface area contributed by atoms with Gasteiger partial charge in [-0.05, 0) is 25.0 Å². The molecule has 0 aromatic carbocycles. The molecule has 0 saturated carbocycles. The Hall–Kier alpha value is -1.79. The number of alkyl halides is 3. The van der Waals surface area contributed by atoms with Crippen LogP contribution in [0.3, 0.4) is 0 Å². The van der Waals surface area contributed by atoms with Gasteiger partial charge in [0.05, 0.1) is 11.6 Å². The fraction of sp³-hybridized carbons (Fsp3) is 0.538. The molecule has 0 N–H and O–H groups in total. The van der Waals surface area contributed by atoms with Gasteiger partial charge < -0.3 is 4.90 Å². The third kappa shape index (κ3) is 3.40. The maximum atomic E-state index is 12.7. The van der Waals surface area contributed by atoms with Crippen LogP contribution >= 0.6 is 0 Å². The molecule has 0 spiro atoms. The topological polar surface area (TPSA) is 38.1 Å². The number of rotatable bonds is 2. The van der Waals surface area contributed by atoms with Crippen molar-refractivity contribution in [3.8, 4) is 0 Å². The van der Waals surface area contributed by atoms with Gasteiger partial charge in [-0.2, -0.15) is 18.3 Å². The second-order valence-corrected chi connectivity index (χ2v) is 4.88.